The maximum absolute atomic E-state index is 11.7. The van der Waals surface area contributed by atoms with Crippen molar-refractivity contribution < 1.29 is 14.7 Å². The molecule has 6 nitrogen and oxygen atoms in total. The van der Waals surface area contributed by atoms with E-state index in [1.807, 2.05) is 0 Å². The predicted octanol–water partition coefficient (Wildman–Crippen LogP) is 2.01. The van der Waals surface area contributed by atoms with Crippen LogP contribution in [0.5, 0.6) is 0 Å². The van der Waals surface area contributed by atoms with Crippen LogP contribution in [0, 0.1) is 0 Å². The zero-order valence-electron chi connectivity index (χ0n) is 8.98. The number of nitrogens with zero attached hydrogens (tertiary/aromatic N) is 1. The number of amides is 1. The van der Waals surface area contributed by atoms with Crippen LogP contribution in [0.1, 0.15) is 20.8 Å². The Morgan fingerprint density at radius 1 is 1.39 bits per heavy atom. The molecule has 0 saturated carbocycles. The Morgan fingerprint density at radius 3 is 2.78 bits per heavy atom. The molecule has 1 aromatic heterocycles. The number of carboxylic acids is 1. The van der Waals surface area contributed by atoms with Crippen LogP contribution < -0.4 is 5.32 Å². The molecule has 3 N–H and O–H groups in total. The third-order valence-corrected chi connectivity index (χ3v) is 2.53. The summed E-state index contributed by atoms with van der Waals surface area (Å²) in [6.07, 6.45) is 2.72. The molecule has 1 amide bonds. The lowest BCUT2D eigenvalue weighted by Gasteiger charge is -2.06. The molecule has 0 unspecified atom stereocenters. The number of anilines is 1. The Balaban J connectivity index is 2.26. The van der Waals surface area contributed by atoms with Crippen LogP contribution in [0.2, 0.25) is 5.02 Å². The van der Waals surface area contributed by atoms with Gasteiger partial charge in [-0.15, -0.1) is 0 Å². The Labute approximate surface area is 107 Å². The van der Waals surface area contributed by atoms with Crippen LogP contribution in [0.4, 0.5) is 5.69 Å². The summed E-state index contributed by atoms with van der Waals surface area (Å²) in [4.78, 5) is 28.9. The Bertz CT molecular complexity index is 596. The van der Waals surface area contributed by atoms with Crippen LogP contribution in [-0.4, -0.2) is 27.0 Å². The van der Waals surface area contributed by atoms with E-state index >= 15 is 0 Å². The Hall–Kier alpha value is -2.34. The maximum atomic E-state index is 11.7. The van der Waals surface area contributed by atoms with Gasteiger partial charge in [-0.05, 0) is 18.2 Å². The largest absolute Gasteiger partial charge is 0.478 e. The fraction of sp³-hybridized carbons (Fsp3) is 0. The van der Waals surface area contributed by atoms with E-state index in [4.69, 9.17) is 16.7 Å². The zero-order valence-corrected chi connectivity index (χ0v) is 9.73. The van der Waals surface area contributed by atoms with Crippen LogP contribution >= 0.6 is 11.6 Å². The van der Waals surface area contributed by atoms with E-state index in [9.17, 15) is 9.59 Å². The molecule has 92 valence electrons. The summed E-state index contributed by atoms with van der Waals surface area (Å²) in [6.45, 7) is 0. The number of aromatic amines is 1. The number of hydrogen-bond acceptors (Lipinski definition) is 3. The summed E-state index contributed by atoms with van der Waals surface area (Å²) in [5.41, 5.74) is 0.530. The molecular formula is C11H8ClN3O3. The quantitative estimate of drug-likeness (QED) is 0.791. The standard InChI is InChI=1S/C11H8ClN3O3/c12-7-2-1-6(11(17)18)3-8(7)15-10(16)9-4-13-5-14-9/h1-5H,(H,13,14)(H,15,16)(H,17,18). The first-order valence-electron chi connectivity index (χ1n) is 4.90. The Morgan fingerprint density at radius 2 is 2.17 bits per heavy atom. The smallest absolute Gasteiger partial charge is 0.335 e. The maximum Gasteiger partial charge on any atom is 0.335 e. The van der Waals surface area contributed by atoms with Gasteiger partial charge in [-0.2, -0.15) is 0 Å². The van der Waals surface area contributed by atoms with Crippen molar-refractivity contribution in [1.29, 1.82) is 0 Å². The number of H-pyrrole nitrogens is 1. The van der Waals surface area contributed by atoms with Gasteiger partial charge in [0.05, 0.1) is 28.8 Å². The molecule has 0 bridgehead atoms. The van der Waals surface area contributed by atoms with Crippen LogP contribution in [0.3, 0.4) is 0 Å². The van der Waals surface area contributed by atoms with Crippen molar-refractivity contribution in [3.8, 4) is 0 Å². The minimum Gasteiger partial charge on any atom is -0.478 e. The minimum atomic E-state index is -1.09. The number of carbonyl (C=O) groups is 2. The van der Waals surface area contributed by atoms with Crippen molar-refractivity contribution in [2.45, 2.75) is 0 Å². The van der Waals surface area contributed by atoms with Crippen molar-refractivity contribution in [3.63, 3.8) is 0 Å². The number of halogens is 1. The lowest BCUT2D eigenvalue weighted by molar-refractivity contribution is 0.0696. The number of rotatable bonds is 3. The lowest BCUT2D eigenvalue weighted by Crippen LogP contribution is -2.13. The van der Waals surface area contributed by atoms with Gasteiger partial charge in [0.15, 0.2) is 0 Å². The fourth-order valence-corrected chi connectivity index (χ4v) is 1.49. The predicted molar refractivity (Wildman–Crippen MR) is 65.0 cm³/mol. The van der Waals surface area contributed by atoms with Gasteiger partial charge in [0, 0.05) is 0 Å². The molecule has 0 fully saturated rings. The van der Waals surface area contributed by atoms with Gasteiger partial charge in [0.1, 0.15) is 5.69 Å². The molecule has 2 aromatic rings. The minimum absolute atomic E-state index is 0.0410. The molecule has 2 rings (SSSR count). The topological polar surface area (TPSA) is 95.1 Å². The van der Waals surface area contributed by atoms with Gasteiger partial charge >= 0.3 is 5.97 Å². The number of nitrogens with one attached hydrogen (secondary N) is 2. The Kier molecular flexibility index (Phi) is 3.29. The van der Waals surface area contributed by atoms with Crippen molar-refractivity contribution >= 4 is 29.2 Å². The second kappa shape index (κ2) is 4.89. The summed E-state index contributed by atoms with van der Waals surface area (Å²) >= 11 is 5.87. The van der Waals surface area contributed by atoms with Gasteiger partial charge in [0.2, 0.25) is 0 Å². The lowest BCUT2D eigenvalue weighted by atomic mass is 10.2. The normalized spacial score (nSPS) is 10.1. The van der Waals surface area contributed by atoms with Gasteiger partial charge < -0.3 is 15.4 Å². The van der Waals surface area contributed by atoms with Gasteiger partial charge in [-0.1, -0.05) is 11.6 Å². The van der Waals surface area contributed by atoms with E-state index in [0.29, 0.717) is 0 Å². The molecule has 0 aliphatic carbocycles. The molecule has 0 atom stereocenters. The highest BCUT2D eigenvalue weighted by Gasteiger charge is 2.12. The van der Waals surface area contributed by atoms with Gasteiger partial charge in [0.25, 0.3) is 5.91 Å². The average Bonchev–Trinajstić information content (AvgIpc) is 2.85. The van der Waals surface area contributed by atoms with E-state index in [2.05, 4.69) is 15.3 Å². The van der Waals surface area contributed by atoms with Gasteiger partial charge in [-0.25, -0.2) is 9.78 Å². The number of aromatic carboxylic acids is 1. The summed E-state index contributed by atoms with van der Waals surface area (Å²) in [5, 5.41) is 11.6. The number of hydrogen-bond donors (Lipinski definition) is 3. The fourth-order valence-electron chi connectivity index (χ4n) is 1.32. The second-order valence-electron chi connectivity index (χ2n) is 3.42. The van der Waals surface area contributed by atoms with E-state index < -0.39 is 11.9 Å². The number of carbonyl (C=O) groups excluding carboxylic acids is 1. The van der Waals surface area contributed by atoms with E-state index in [1.165, 1.54) is 30.7 Å². The molecule has 1 heterocycles. The molecule has 0 aliphatic rings. The summed E-state index contributed by atoms with van der Waals surface area (Å²) < 4.78 is 0. The summed E-state index contributed by atoms with van der Waals surface area (Å²) in [5.74, 6) is -1.54. The van der Waals surface area contributed by atoms with Crippen molar-refractivity contribution in [1.82, 2.24) is 9.97 Å². The summed E-state index contributed by atoms with van der Waals surface area (Å²) in [6, 6.07) is 4.06. The zero-order chi connectivity index (χ0) is 13.1. The van der Waals surface area contributed by atoms with Crippen molar-refractivity contribution in [2.75, 3.05) is 5.32 Å². The number of carboxylic acid groups (broad SMARTS) is 1. The van der Waals surface area contributed by atoms with Crippen molar-refractivity contribution in [3.05, 3.63) is 47.0 Å². The second-order valence-corrected chi connectivity index (χ2v) is 3.83. The van der Waals surface area contributed by atoms with Crippen LogP contribution in [-0.2, 0) is 0 Å². The number of benzene rings is 1. The van der Waals surface area contributed by atoms with E-state index in [1.54, 1.807) is 0 Å². The molecular weight excluding hydrogens is 258 g/mol. The molecule has 7 heteroatoms. The first-order valence-corrected chi connectivity index (χ1v) is 5.28. The number of imidazole rings is 1. The summed E-state index contributed by atoms with van der Waals surface area (Å²) in [7, 11) is 0. The molecule has 0 aliphatic heterocycles. The monoisotopic (exact) mass is 265 g/mol. The van der Waals surface area contributed by atoms with Crippen LogP contribution in [0.15, 0.2) is 30.7 Å². The number of aromatic nitrogens is 2. The first-order chi connectivity index (χ1) is 8.58. The van der Waals surface area contributed by atoms with Crippen molar-refractivity contribution in [2.24, 2.45) is 0 Å². The third kappa shape index (κ3) is 2.49. The molecule has 1 aromatic carbocycles. The molecule has 0 saturated heterocycles. The molecule has 0 radical (unpaired) electrons. The van der Waals surface area contributed by atoms with Crippen LogP contribution in [0.25, 0.3) is 0 Å². The SMILES string of the molecule is O=C(O)c1ccc(Cl)c(NC(=O)c2cnc[nH]2)c1. The van der Waals surface area contributed by atoms with E-state index in [-0.39, 0.29) is 22.0 Å². The average molecular weight is 266 g/mol. The first kappa shape index (κ1) is 12.1. The molecule has 0 spiro atoms. The van der Waals surface area contributed by atoms with Gasteiger partial charge in [-0.3, -0.25) is 4.79 Å². The highest BCUT2D eigenvalue weighted by molar-refractivity contribution is 6.34. The third-order valence-electron chi connectivity index (χ3n) is 2.20. The highest BCUT2D eigenvalue weighted by atomic mass is 35.5. The molecule has 18 heavy (non-hydrogen) atoms. The van der Waals surface area contributed by atoms with E-state index in [0.717, 1.165) is 0 Å². The highest BCUT2D eigenvalue weighted by Crippen LogP contribution is 2.23.